The molecule has 1 rings (SSSR count). The van der Waals surface area contributed by atoms with E-state index in [1.807, 2.05) is 0 Å². The van der Waals surface area contributed by atoms with E-state index in [0.717, 1.165) is 0 Å². The molecule has 0 atom stereocenters. The largest absolute Gasteiger partial charge is 0.346 e. The Balaban J connectivity index is 2.52. The van der Waals surface area contributed by atoms with Crippen LogP contribution in [0.4, 0.5) is 0 Å². The maximum absolute atomic E-state index is 5.04. The molecular formula is C6H5Br2N3O. The monoisotopic (exact) mass is 293 g/mol. The molecule has 0 aliphatic carbocycles. The van der Waals surface area contributed by atoms with E-state index < -0.39 is 0 Å². The Morgan fingerprint density at radius 1 is 1.58 bits per heavy atom. The number of ether oxygens (including phenoxy) is 1. The van der Waals surface area contributed by atoms with Crippen molar-refractivity contribution in [3.63, 3.8) is 0 Å². The minimum atomic E-state index is 0.268. The molecule has 0 amide bonds. The summed E-state index contributed by atoms with van der Waals surface area (Å²) in [6, 6.07) is 0. The van der Waals surface area contributed by atoms with Crippen molar-refractivity contribution in [3.8, 4) is 12.3 Å². The quantitative estimate of drug-likeness (QED) is 0.625. The Hall–Kier alpha value is -0.380. The molecule has 0 bridgehead atoms. The molecule has 0 aliphatic rings. The van der Waals surface area contributed by atoms with Gasteiger partial charge in [0.1, 0.15) is 13.3 Å². The third kappa shape index (κ3) is 2.59. The average Bonchev–Trinajstić information content (AvgIpc) is 2.31. The van der Waals surface area contributed by atoms with Crippen molar-refractivity contribution in [3.05, 3.63) is 9.47 Å². The first-order valence-corrected chi connectivity index (χ1v) is 4.59. The molecule has 0 unspecified atom stereocenters. The first-order valence-electron chi connectivity index (χ1n) is 3.01. The minimum absolute atomic E-state index is 0.268. The lowest BCUT2D eigenvalue weighted by molar-refractivity contribution is 0.0926. The Morgan fingerprint density at radius 3 is 2.83 bits per heavy atom. The van der Waals surface area contributed by atoms with Crippen LogP contribution in [0.5, 0.6) is 0 Å². The van der Waals surface area contributed by atoms with E-state index in [2.05, 4.69) is 47.9 Å². The summed E-state index contributed by atoms with van der Waals surface area (Å²) in [5, 5.41) is 3.96. The second kappa shape index (κ2) is 4.60. The Kier molecular flexibility index (Phi) is 3.72. The fraction of sp³-hybridized carbons (Fsp3) is 0.333. The number of aromatic nitrogens is 3. The van der Waals surface area contributed by atoms with E-state index in [0.29, 0.717) is 16.2 Å². The van der Waals surface area contributed by atoms with Crippen molar-refractivity contribution in [2.24, 2.45) is 0 Å². The summed E-state index contributed by atoms with van der Waals surface area (Å²) < 4.78 is 7.70. The van der Waals surface area contributed by atoms with Crippen LogP contribution in [-0.2, 0) is 11.5 Å². The fourth-order valence-electron chi connectivity index (χ4n) is 0.570. The first kappa shape index (κ1) is 9.71. The highest BCUT2D eigenvalue weighted by atomic mass is 79.9. The summed E-state index contributed by atoms with van der Waals surface area (Å²) in [7, 11) is 0. The van der Waals surface area contributed by atoms with Crippen LogP contribution in [-0.4, -0.2) is 21.4 Å². The molecule has 0 radical (unpaired) electrons. The van der Waals surface area contributed by atoms with Crippen LogP contribution >= 0.6 is 31.9 Å². The number of nitrogens with zero attached hydrogens (tertiary/aromatic N) is 3. The topological polar surface area (TPSA) is 39.9 Å². The van der Waals surface area contributed by atoms with E-state index in [4.69, 9.17) is 11.2 Å². The number of halogens is 2. The zero-order chi connectivity index (χ0) is 8.97. The zero-order valence-electron chi connectivity index (χ0n) is 6.00. The molecule has 0 fully saturated rings. The Labute approximate surface area is 86.6 Å². The van der Waals surface area contributed by atoms with Crippen molar-refractivity contribution in [1.29, 1.82) is 0 Å². The van der Waals surface area contributed by atoms with E-state index in [9.17, 15) is 0 Å². The maximum Gasteiger partial charge on any atom is 0.218 e. The van der Waals surface area contributed by atoms with Gasteiger partial charge in [-0.05, 0) is 31.9 Å². The number of terminal acetylenes is 1. The summed E-state index contributed by atoms with van der Waals surface area (Å²) in [5.41, 5.74) is 0. The lowest BCUT2D eigenvalue weighted by atomic mass is 10.8. The van der Waals surface area contributed by atoms with Crippen molar-refractivity contribution >= 4 is 31.9 Å². The highest BCUT2D eigenvalue weighted by Gasteiger charge is 2.03. The highest BCUT2D eigenvalue weighted by Crippen LogP contribution is 2.10. The van der Waals surface area contributed by atoms with Crippen LogP contribution in [0.1, 0.15) is 0 Å². The van der Waals surface area contributed by atoms with E-state index in [1.165, 1.54) is 0 Å². The van der Waals surface area contributed by atoms with Gasteiger partial charge >= 0.3 is 0 Å². The molecule has 12 heavy (non-hydrogen) atoms. The Morgan fingerprint density at radius 2 is 2.33 bits per heavy atom. The molecule has 6 heteroatoms. The van der Waals surface area contributed by atoms with Crippen LogP contribution in [0.3, 0.4) is 0 Å². The van der Waals surface area contributed by atoms with Gasteiger partial charge in [-0.2, -0.15) is 4.98 Å². The lowest BCUT2D eigenvalue weighted by Gasteiger charge is -1.99. The summed E-state index contributed by atoms with van der Waals surface area (Å²) in [5.74, 6) is 2.35. The van der Waals surface area contributed by atoms with Crippen molar-refractivity contribution < 1.29 is 4.74 Å². The van der Waals surface area contributed by atoms with Crippen LogP contribution in [0.25, 0.3) is 0 Å². The molecule has 1 aromatic rings. The zero-order valence-corrected chi connectivity index (χ0v) is 9.17. The first-order chi connectivity index (χ1) is 5.74. The predicted octanol–water partition coefficient (Wildman–Crippen LogP) is 1.41. The predicted molar refractivity (Wildman–Crippen MR) is 50.2 cm³/mol. The second-order valence-electron chi connectivity index (χ2n) is 1.83. The summed E-state index contributed by atoms with van der Waals surface area (Å²) in [4.78, 5) is 3.94. The maximum atomic E-state index is 5.04. The van der Waals surface area contributed by atoms with Gasteiger partial charge in [-0.15, -0.1) is 11.5 Å². The molecule has 0 saturated carbocycles. The van der Waals surface area contributed by atoms with E-state index >= 15 is 0 Å². The van der Waals surface area contributed by atoms with Crippen LogP contribution in [0, 0.1) is 12.3 Å². The van der Waals surface area contributed by atoms with Crippen LogP contribution in [0.2, 0.25) is 0 Å². The number of hydrogen-bond acceptors (Lipinski definition) is 3. The Bertz CT molecular complexity index is 304. The van der Waals surface area contributed by atoms with E-state index in [1.54, 1.807) is 4.68 Å². The van der Waals surface area contributed by atoms with Crippen LogP contribution in [0.15, 0.2) is 9.47 Å². The number of rotatable bonds is 3. The molecule has 0 aliphatic heterocycles. The van der Waals surface area contributed by atoms with Gasteiger partial charge in [0.25, 0.3) is 0 Å². The van der Waals surface area contributed by atoms with Gasteiger partial charge in [0.15, 0.2) is 4.73 Å². The smallest absolute Gasteiger partial charge is 0.218 e. The second-order valence-corrected chi connectivity index (χ2v) is 3.25. The van der Waals surface area contributed by atoms with Crippen molar-refractivity contribution in [2.75, 3.05) is 6.61 Å². The normalized spacial score (nSPS) is 9.75. The number of hydrogen-bond donors (Lipinski definition) is 0. The fourth-order valence-corrected chi connectivity index (χ4v) is 1.52. The molecule has 0 aromatic carbocycles. The third-order valence-electron chi connectivity index (χ3n) is 1.000. The molecule has 1 heterocycles. The van der Waals surface area contributed by atoms with Gasteiger partial charge in [-0.3, -0.25) is 0 Å². The van der Waals surface area contributed by atoms with Crippen molar-refractivity contribution in [1.82, 2.24) is 14.8 Å². The molecule has 0 saturated heterocycles. The molecule has 0 N–H and O–H groups in total. The standard InChI is InChI=1S/C6H5Br2N3O/c1-2-3-12-4-11-6(8)9-5(7)10-11/h1H,3-4H2. The van der Waals surface area contributed by atoms with E-state index in [-0.39, 0.29) is 6.61 Å². The van der Waals surface area contributed by atoms with Gasteiger partial charge < -0.3 is 4.74 Å². The van der Waals surface area contributed by atoms with Gasteiger partial charge in [0, 0.05) is 0 Å². The average molecular weight is 295 g/mol. The van der Waals surface area contributed by atoms with Gasteiger partial charge in [0.2, 0.25) is 4.73 Å². The highest BCUT2D eigenvalue weighted by molar-refractivity contribution is 9.11. The van der Waals surface area contributed by atoms with Crippen LogP contribution < -0.4 is 0 Å². The van der Waals surface area contributed by atoms with Gasteiger partial charge in [0.05, 0.1) is 0 Å². The third-order valence-corrected chi connectivity index (χ3v) is 1.92. The molecule has 0 spiro atoms. The lowest BCUT2D eigenvalue weighted by Crippen LogP contribution is -2.04. The molecule has 64 valence electrons. The summed E-state index contributed by atoms with van der Waals surface area (Å²) in [6.45, 7) is 0.563. The van der Waals surface area contributed by atoms with Crippen molar-refractivity contribution in [2.45, 2.75) is 6.73 Å². The summed E-state index contributed by atoms with van der Waals surface area (Å²) in [6.07, 6.45) is 4.99. The minimum Gasteiger partial charge on any atom is -0.346 e. The summed E-state index contributed by atoms with van der Waals surface area (Å²) >= 11 is 6.32. The van der Waals surface area contributed by atoms with Gasteiger partial charge in [-0.1, -0.05) is 5.92 Å². The molecule has 1 aromatic heterocycles. The molecular weight excluding hydrogens is 290 g/mol. The van der Waals surface area contributed by atoms with Gasteiger partial charge in [-0.25, -0.2) is 4.68 Å². The molecule has 4 nitrogen and oxygen atoms in total. The SMILES string of the molecule is C#CCOCn1nc(Br)nc1Br.